The lowest BCUT2D eigenvalue weighted by Gasteiger charge is -2.21. The summed E-state index contributed by atoms with van der Waals surface area (Å²) in [6.07, 6.45) is 3.45. The first-order valence-corrected chi connectivity index (χ1v) is 6.83. The van der Waals surface area contributed by atoms with Crippen molar-refractivity contribution in [3.05, 3.63) is 34.9 Å². The van der Waals surface area contributed by atoms with Crippen LogP contribution in [0.3, 0.4) is 0 Å². The molecule has 1 aliphatic rings. The molecule has 3 heteroatoms. The number of benzene rings is 1. The van der Waals surface area contributed by atoms with Crippen molar-refractivity contribution in [1.29, 1.82) is 0 Å². The molecule has 1 N–H and O–H groups in total. The highest BCUT2D eigenvalue weighted by Gasteiger charge is 2.26. The molecular weight excluding hydrogens is 232 g/mol. The maximum absolute atomic E-state index is 14.0. The van der Waals surface area contributed by atoms with Crippen LogP contribution in [0.15, 0.2) is 12.1 Å². The van der Waals surface area contributed by atoms with Crippen LogP contribution in [0.4, 0.5) is 8.78 Å². The van der Waals surface area contributed by atoms with Gasteiger partial charge in [0.25, 0.3) is 0 Å². The monoisotopic (exact) mass is 253 g/mol. The van der Waals surface area contributed by atoms with Gasteiger partial charge in [-0.2, -0.15) is 0 Å². The normalized spacial score (nSPS) is 23.6. The lowest BCUT2D eigenvalue weighted by atomic mass is 9.96. The van der Waals surface area contributed by atoms with Gasteiger partial charge in [-0.05, 0) is 55.8 Å². The lowest BCUT2D eigenvalue weighted by Crippen LogP contribution is -2.24. The molecule has 2 rings (SSSR count). The summed E-state index contributed by atoms with van der Waals surface area (Å²) in [5.74, 6) is -0.0385. The van der Waals surface area contributed by atoms with Crippen molar-refractivity contribution in [2.45, 2.75) is 45.6 Å². The van der Waals surface area contributed by atoms with Crippen LogP contribution in [-0.2, 0) is 6.42 Å². The number of rotatable bonds is 3. The van der Waals surface area contributed by atoms with Gasteiger partial charge in [-0.3, -0.25) is 0 Å². The number of fused-ring (bicyclic) bond motifs is 1. The molecule has 0 fully saturated rings. The molecule has 0 amide bonds. The van der Waals surface area contributed by atoms with Crippen LogP contribution in [-0.4, -0.2) is 6.54 Å². The first kappa shape index (κ1) is 13.5. The quantitative estimate of drug-likeness (QED) is 0.803. The zero-order valence-corrected chi connectivity index (χ0v) is 11.1. The molecule has 0 spiro atoms. The van der Waals surface area contributed by atoms with Crippen molar-refractivity contribution in [3.8, 4) is 0 Å². The van der Waals surface area contributed by atoms with Crippen molar-refractivity contribution in [2.24, 2.45) is 5.92 Å². The highest BCUT2D eigenvalue weighted by Crippen LogP contribution is 2.34. The average Bonchev–Trinajstić information content (AvgIpc) is 2.51. The third-order valence-electron chi connectivity index (χ3n) is 3.76. The maximum Gasteiger partial charge on any atom is 0.128 e. The largest absolute Gasteiger partial charge is 0.310 e. The standard InChI is InChI=1S/C15H21F2N/c1-3-8-18-14-9-10(2)4-5-11-12(16)6-7-13(17)15(11)14/h6-7,10,14,18H,3-5,8-9H2,1-2H3. The van der Waals surface area contributed by atoms with Gasteiger partial charge in [0.1, 0.15) is 11.6 Å². The van der Waals surface area contributed by atoms with Crippen LogP contribution >= 0.6 is 0 Å². The zero-order valence-electron chi connectivity index (χ0n) is 11.1. The molecule has 100 valence electrons. The Balaban J connectivity index is 2.39. The smallest absolute Gasteiger partial charge is 0.128 e. The summed E-state index contributed by atoms with van der Waals surface area (Å²) in [5, 5.41) is 3.36. The molecule has 0 aliphatic heterocycles. The molecule has 18 heavy (non-hydrogen) atoms. The van der Waals surface area contributed by atoms with Gasteiger partial charge >= 0.3 is 0 Å². The number of halogens is 2. The summed E-state index contributed by atoms with van der Waals surface area (Å²) in [7, 11) is 0. The second-order valence-corrected chi connectivity index (χ2v) is 5.31. The van der Waals surface area contributed by atoms with Gasteiger partial charge in [0.05, 0.1) is 0 Å². The zero-order chi connectivity index (χ0) is 13.1. The van der Waals surface area contributed by atoms with Crippen LogP contribution in [0.25, 0.3) is 0 Å². The van der Waals surface area contributed by atoms with Crippen molar-refractivity contribution in [1.82, 2.24) is 5.32 Å². The average molecular weight is 253 g/mol. The molecule has 1 aromatic rings. The highest BCUT2D eigenvalue weighted by atomic mass is 19.1. The number of hydrogen-bond acceptors (Lipinski definition) is 1. The van der Waals surface area contributed by atoms with Crippen molar-refractivity contribution >= 4 is 0 Å². The molecule has 0 saturated heterocycles. The summed E-state index contributed by atoms with van der Waals surface area (Å²) in [6.45, 7) is 5.07. The molecule has 2 atom stereocenters. The van der Waals surface area contributed by atoms with E-state index in [-0.39, 0.29) is 17.7 Å². The molecule has 1 nitrogen and oxygen atoms in total. The van der Waals surface area contributed by atoms with Crippen molar-refractivity contribution < 1.29 is 8.78 Å². The van der Waals surface area contributed by atoms with E-state index in [1.807, 2.05) is 0 Å². The van der Waals surface area contributed by atoms with Gasteiger partial charge in [0.15, 0.2) is 0 Å². The van der Waals surface area contributed by atoms with Gasteiger partial charge in [0, 0.05) is 11.6 Å². The Labute approximate surface area is 108 Å². The van der Waals surface area contributed by atoms with Gasteiger partial charge in [0.2, 0.25) is 0 Å². The minimum atomic E-state index is -0.269. The maximum atomic E-state index is 14.0. The van der Waals surface area contributed by atoms with E-state index in [9.17, 15) is 8.78 Å². The van der Waals surface area contributed by atoms with E-state index in [0.717, 1.165) is 25.8 Å². The van der Waals surface area contributed by atoms with E-state index in [4.69, 9.17) is 0 Å². The Morgan fingerprint density at radius 3 is 2.72 bits per heavy atom. The Bertz CT molecular complexity index is 417. The predicted octanol–water partition coefficient (Wildman–Crippen LogP) is 3.98. The Hall–Kier alpha value is -0.960. The molecule has 2 unspecified atom stereocenters. The van der Waals surface area contributed by atoms with E-state index in [1.54, 1.807) is 0 Å². The Morgan fingerprint density at radius 2 is 2.00 bits per heavy atom. The summed E-state index contributed by atoms with van der Waals surface area (Å²) in [5.41, 5.74) is 1.14. The summed E-state index contributed by atoms with van der Waals surface area (Å²) < 4.78 is 27.9. The summed E-state index contributed by atoms with van der Waals surface area (Å²) >= 11 is 0. The fourth-order valence-corrected chi connectivity index (χ4v) is 2.77. The van der Waals surface area contributed by atoms with Gasteiger partial charge < -0.3 is 5.32 Å². The molecule has 0 radical (unpaired) electrons. The van der Waals surface area contributed by atoms with Crippen LogP contribution in [0.2, 0.25) is 0 Å². The topological polar surface area (TPSA) is 12.0 Å². The van der Waals surface area contributed by atoms with Crippen LogP contribution < -0.4 is 5.32 Å². The number of hydrogen-bond donors (Lipinski definition) is 1. The fraction of sp³-hybridized carbons (Fsp3) is 0.600. The van der Waals surface area contributed by atoms with Crippen molar-refractivity contribution in [2.75, 3.05) is 6.54 Å². The van der Waals surface area contributed by atoms with Crippen LogP contribution in [0.1, 0.15) is 50.3 Å². The Morgan fingerprint density at radius 1 is 1.28 bits per heavy atom. The lowest BCUT2D eigenvalue weighted by molar-refractivity contribution is 0.400. The van der Waals surface area contributed by atoms with Gasteiger partial charge in [-0.1, -0.05) is 13.8 Å². The second kappa shape index (κ2) is 5.79. The second-order valence-electron chi connectivity index (χ2n) is 5.31. The van der Waals surface area contributed by atoms with Gasteiger partial charge in [-0.25, -0.2) is 8.78 Å². The minimum absolute atomic E-state index is 0.0480. The van der Waals surface area contributed by atoms with E-state index in [0.29, 0.717) is 23.5 Å². The third kappa shape index (κ3) is 2.72. The molecule has 1 aliphatic carbocycles. The third-order valence-corrected chi connectivity index (χ3v) is 3.76. The fourth-order valence-electron chi connectivity index (χ4n) is 2.77. The molecule has 0 saturated carbocycles. The van der Waals surface area contributed by atoms with Gasteiger partial charge in [-0.15, -0.1) is 0 Å². The summed E-state index contributed by atoms with van der Waals surface area (Å²) in [6, 6.07) is 2.46. The van der Waals surface area contributed by atoms with E-state index >= 15 is 0 Å². The predicted molar refractivity (Wildman–Crippen MR) is 69.5 cm³/mol. The minimum Gasteiger partial charge on any atom is -0.310 e. The molecule has 0 bridgehead atoms. The molecule has 0 heterocycles. The van der Waals surface area contributed by atoms with E-state index in [1.165, 1.54) is 12.1 Å². The van der Waals surface area contributed by atoms with Crippen molar-refractivity contribution in [3.63, 3.8) is 0 Å². The van der Waals surface area contributed by atoms with E-state index < -0.39 is 0 Å². The SMILES string of the molecule is CCCNC1CC(C)CCc2c(F)ccc(F)c21. The number of nitrogens with one attached hydrogen (secondary N) is 1. The van der Waals surface area contributed by atoms with E-state index in [2.05, 4.69) is 19.2 Å². The van der Waals surface area contributed by atoms with Crippen LogP contribution in [0, 0.1) is 17.6 Å². The molecular formula is C15H21F2N. The molecule has 1 aromatic carbocycles. The summed E-state index contributed by atoms with van der Waals surface area (Å²) in [4.78, 5) is 0. The molecule has 0 aromatic heterocycles. The van der Waals surface area contributed by atoms with Crippen LogP contribution in [0.5, 0.6) is 0 Å². The Kier molecular flexibility index (Phi) is 4.33. The first-order valence-electron chi connectivity index (χ1n) is 6.83. The highest BCUT2D eigenvalue weighted by molar-refractivity contribution is 5.34. The first-order chi connectivity index (χ1) is 8.63.